The van der Waals surface area contributed by atoms with Crippen LogP contribution in [-0.4, -0.2) is 30.4 Å². The molecule has 4 saturated carbocycles. The fourth-order valence-corrected chi connectivity index (χ4v) is 6.06. The second-order valence-corrected chi connectivity index (χ2v) is 9.53. The second-order valence-electron chi connectivity index (χ2n) is 9.13. The molecule has 0 aromatic heterocycles. The lowest BCUT2D eigenvalue weighted by Gasteiger charge is -2.55. The monoisotopic (exact) mass is 436 g/mol. The van der Waals surface area contributed by atoms with E-state index in [-0.39, 0.29) is 28.6 Å². The Morgan fingerprint density at radius 3 is 2.33 bits per heavy atom. The molecule has 0 aliphatic heterocycles. The molecule has 5 rings (SSSR count). The van der Waals surface area contributed by atoms with Gasteiger partial charge in [-0.1, -0.05) is 11.6 Å². The van der Waals surface area contributed by atoms with Crippen molar-refractivity contribution in [2.24, 2.45) is 23.2 Å². The van der Waals surface area contributed by atoms with E-state index in [4.69, 9.17) is 16.3 Å². The number of esters is 1. The highest BCUT2D eigenvalue weighted by Gasteiger charge is 2.54. The Hall–Kier alpha value is -2.15. The van der Waals surface area contributed by atoms with Crippen molar-refractivity contribution in [1.29, 1.82) is 0 Å². The van der Waals surface area contributed by atoms with Crippen molar-refractivity contribution >= 4 is 35.1 Å². The molecule has 30 heavy (non-hydrogen) atoms. The molecule has 0 spiro atoms. The van der Waals surface area contributed by atoms with Crippen LogP contribution in [0.25, 0.3) is 0 Å². The zero-order valence-electron chi connectivity index (χ0n) is 16.9. The van der Waals surface area contributed by atoms with Gasteiger partial charge in [-0.2, -0.15) is 0 Å². The van der Waals surface area contributed by atoms with Crippen LogP contribution >= 0.6 is 11.6 Å². The topological polar surface area (TPSA) is 84.5 Å². The third kappa shape index (κ3) is 4.31. The van der Waals surface area contributed by atoms with E-state index in [1.54, 1.807) is 0 Å². The number of anilines is 1. The Kier molecular flexibility index (Phi) is 5.75. The van der Waals surface area contributed by atoms with E-state index in [1.165, 1.54) is 32.3 Å². The predicted octanol–water partition coefficient (Wildman–Crippen LogP) is 3.68. The van der Waals surface area contributed by atoms with E-state index in [0.29, 0.717) is 17.8 Å². The molecular formula is C22H26ClFN2O4. The van der Waals surface area contributed by atoms with Gasteiger partial charge < -0.3 is 15.4 Å². The maximum Gasteiger partial charge on any atom is 0.326 e. The molecule has 6 nitrogen and oxygen atoms in total. The van der Waals surface area contributed by atoms with Crippen LogP contribution in [0.3, 0.4) is 0 Å². The van der Waals surface area contributed by atoms with E-state index in [0.717, 1.165) is 31.4 Å². The highest BCUT2D eigenvalue weighted by molar-refractivity contribution is 6.33. The zero-order chi connectivity index (χ0) is 21.5. The molecule has 8 heteroatoms. The largest absolute Gasteiger partial charge is 0.451 e. The van der Waals surface area contributed by atoms with Crippen molar-refractivity contribution in [2.45, 2.75) is 51.6 Å². The van der Waals surface area contributed by atoms with E-state index in [9.17, 15) is 18.8 Å². The lowest BCUT2D eigenvalue weighted by molar-refractivity contribution is -0.155. The number of rotatable bonds is 6. The molecule has 0 heterocycles. The molecule has 0 radical (unpaired) electrons. The number of carbonyl (C=O) groups is 3. The molecule has 0 unspecified atom stereocenters. The average molecular weight is 437 g/mol. The average Bonchev–Trinajstić information content (AvgIpc) is 2.67. The molecule has 1 atom stereocenters. The van der Waals surface area contributed by atoms with Crippen molar-refractivity contribution in [3.63, 3.8) is 0 Å². The van der Waals surface area contributed by atoms with Crippen LogP contribution in [-0.2, 0) is 19.1 Å². The van der Waals surface area contributed by atoms with Crippen molar-refractivity contribution in [3.05, 3.63) is 29.0 Å². The number of nitrogens with one attached hydrogen (secondary N) is 2. The lowest BCUT2D eigenvalue weighted by Crippen LogP contribution is -2.54. The Bertz CT molecular complexity index is 839. The Labute approximate surface area is 179 Å². The molecule has 1 aromatic rings. The first kappa shape index (κ1) is 21.1. The van der Waals surface area contributed by atoms with Gasteiger partial charge in [0.15, 0.2) is 6.10 Å². The summed E-state index contributed by atoms with van der Waals surface area (Å²) in [4.78, 5) is 37.3. The highest BCUT2D eigenvalue weighted by Crippen LogP contribution is 2.60. The Balaban J connectivity index is 1.26. The first-order valence-electron chi connectivity index (χ1n) is 10.5. The van der Waals surface area contributed by atoms with Crippen LogP contribution in [0.1, 0.15) is 45.4 Å². The molecule has 162 valence electrons. The van der Waals surface area contributed by atoms with Crippen molar-refractivity contribution in [1.82, 2.24) is 5.32 Å². The summed E-state index contributed by atoms with van der Waals surface area (Å²) in [5.74, 6) is 0.0501. The maximum absolute atomic E-state index is 13.1. The summed E-state index contributed by atoms with van der Waals surface area (Å²) in [5, 5.41) is 5.28. The van der Waals surface area contributed by atoms with Crippen molar-refractivity contribution in [2.75, 3.05) is 11.9 Å². The Morgan fingerprint density at radius 1 is 1.17 bits per heavy atom. The number of amides is 2. The van der Waals surface area contributed by atoms with Crippen LogP contribution < -0.4 is 10.6 Å². The fourth-order valence-electron chi connectivity index (χ4n) is 5.85. The van der Waals surface area contributed by atoms with Crippen LogP contribution in [0.2, 0.25) is 5.02 Å². The summed E-state index contributed by atoms with van der Waals surface area (Å²) in [6.07, 6.45) is 5.36. The molecule has 2 amide bonds. The van der Waals surface area contributed by atoms with E-state index in [1.807, 2.05) is 0 Å². The molecule has 2 N–H and O–H groups in total. The summed E-state index contributed by atoms with van der Waals surface area (Å²) in [6.45, 7) is 1.15. The first-order valence-corrected chi connectivity index (χ1v) is 10.9. The van der Waals surface area contributed by atoms with Gasteiger partial charge in [-0.15, -0.1) is 0 Å². The number of carbonyl (C=O) groups excluding carboxylic acids is 3. The van der Waals surface area contributed by atoms with Gasteiger partial charge in [0, 0.05) is 5.41 Å². The van der Waals surface area contributed by atoms with Crippen LogP contribution in [0.4, 0.5) is 10.1 Å². The summed E-state index contributed by atoms with van der Waals surface area (Å²) >= 11 is 5.89. The van der Waals surface area contributed by atoms with Crippen molar-refractivity contribution in [3.8, 4) is 0 Å². The van der Waals surface area contributed by atoms with Gasteiger partial charge in [0.25, 0.3) is 5.91 Å². The van der Waals surface area contributed by atoms with Gasteiger partial charge in [-0.3, -0.25) is 14.4 Å². The molecule has 0 saturated heterocycles. The standard InChI is InChI=1S/C22H26ClFN2O4/c1-12(20(28)26-18-3-2-16(24)7-17(18)23)30-19(27)11-25-21(29)22-8-13-4-14(9-22)6-15(5-13)10-22/h2-3,7,12-15H,4-6,8-11H2,1H3,(H,25,29)(H,26,28)/t12-,13?,14?,15?,22?/m1/s1. The summed E-state index contributed by atoms with van der Waals surface area (Å²) in [6, 6.07) is 3.57. The lowest BCUT2D eigenvalue weighted by atomic mass is 9.49. The number of hydrogen-bond donors (Lipinski definition) is 2. The molecule has 4 aliphatic rings. The fraction of sp³-hybridized carbons (Fsp3) is 0.591. The number of halogens is 2. The molecular weight excluding hydrogens is 411 g/mol. The van der Waals surface area contributed by atoms with Gasteiger partial charge in [0.05, 0.1) is 10.7 Å². The minimum atomic E-state index is -1.09. The third-order valence-corrected chi connectivity index (χ3v) is 7.09. The van der Waals surface area contributed by atoms with E-state index < -0.39 is 23.8 Å². The predicted molar refractivity (Wildman–Crippen MR) is 109 cm³/mol. The summed E-state index contributed by atoms with van der Waals surface area (Å²) in [5.41, 5.74) is -0.113. The minimum absolute atomic E-state index is 0.0460. The minimum Gasteiger partial charge on any atom is -0.451 e. The number of hydrogen-bond acceptors (Lipinski definition) is 4. The van der Waals surface area contributed by atoms with Gasteiger partial charge in [0.1, 0.15) is 12.4 Å². The smallest absolute Gasteiger partial charge is 0.326 e. The molecule has 4 bridgehead atoms. The molecule has 4 aliphatic carbocycles. The summed E-state index contributed by atoms with van der Waals surface area (Å²) < 4.78 is 18.2. The van der Waals surface area contributed by atoms with Crippen LogP contribution in [0.5, 0.6) is 0 Å². The maximum atomic E-state index is 13.1. The van der Waals surface area contributed by atoms with Crippen molar-refractivity contribution < 1.29 is 23.5 Å². The number of ether oxygens (including phenoxy) is 1. The quantitative estimate of drug-likeness (QED) is 0.666. The molecule has 4 fully saturated rings. The van der Waals surface area contributed by atoms with Gasteiger partial charge >= 0.3 is 5.97 Å². The van der Waals surface area contributed by atoms with E-state index in [2.05, 4.69) is 10.6 Å². The Morgan fingerprint density at radius 2 is 1.77 bits per heavy atom. The van der Waals surface area contributed by atoms with Gasteiger partial charge in [-0.25, -0.2) is 4.39 Å². The SMILES string of the molecule is C[C@@H](OC(=O)CNC(=O)C12CC3CC(CC(C3)C1)C2)C(=O)Nc1ccc(F)cc1Cl. The van der Waals surface area contributed by atoms with Crippen LogP contribution in [0, 0.1) is 29.0 Å². The van der Waals surface area contributed by atoms with E-state index >= 15 is 0 Å². The summed E-state index contributed by atoms with van der Waals surface area (Å²) in [7, 11) is 0. The van der Waals surface area contributed by atoms with Crippen LogP contribution in [0.15, 0.2) is 18.2 Å². The highest BCUT2D eigenvalue weighted by atomic mass is 35.5. The molecule has 1 aromatic carbocycles. The second kappa shape index (κ2) is 8.17. The number of benzene rings is 1. The normalized spacial score (nSPS) is 29.9. The van der Waals surface area contributed by atoms with Gasteiger partial charge in [-0.05, 0) is 81.4 Å². The zero-order valence-corrected chi connectivity index (χ0v) is 17.6. The first-order chi connectivity index (χ1) is 14.2. The third-order valence-electron chi connectivity index (χ3n) is 6.78. The van der Waals surface area contributed by atoms with Gasteiger partial charge in [0.2, 0.25) is 5.91 Å².